The number of carbonyl (C=O) groups excluding carboxylic acids is 1. The summed E-state index contributed by atoms with van der Waals surface area (Å²) in [6, 6.07) is 4.86. The number of aliphatic imine (C=N–C) groups is 1. The first kappa shape index (κ1) is 11.9. The van der Waals surface area contributed by atoms with Crippen LogP contribution in [0.15, 0.2) is 27.7 Å². The highest BCUT2D eigenvalue weighted by atomic mass is 79.9. The van der Waals surface area contributed by atoms with Crippen molar-refractivity contribution in [2.45, 2.75) is 6.04 Å². The van der Waals surface area contributed by atoms with Gasteiger partial charge in [-0.15, -0.1) is 0 Å². The van der Waals surface area contributed by atoms with Gasteiger partial charge < -0.3 is 15.4 Å². The summed E-state index contributed by atoms with van der Waals surface area (Å²) in [5.74, 6) is 1.01. The number of nitrogens with two attached hydrogens (primary N) is 1. The second-order valence-corrected chi connectivity index (χ2v) is 4.57. The van der Waals surface area contributed by atoms with E-state index in [1.807, 2.05) is 18.2 Å². The number of hydrogen-bond donors (Lipinski definition) is 1. The molecule has 6 heteroatoms. The molecule has 2 N–H and O–H groups in total. The van der Waals surface area contributed by atoms with E-state index in [-0.39, 0.29) is 12.1 Å². The largest absolute Gasteiger partial charge is 0.497 e. The fraction of sp³-hybridized carbons (Fsp3) is 0.273. The number of halogens is 1. The number of likely N-dealkylation sites (N-methyl/N-ethyl adjacent to an activating group) is 1. The van der Waals surface area contributed by atoms with Gasteiger partial charge in [0.15, 0.2) is 0 Å². The maximum absolute atomic E-state index is 11.4. The first-order valence-electron chi connectivity index (χ1n) is 4.99. The third-order valence-corrected chi connectivity index (χ3v) is 3.41. The molecule has 1 aliphatic rings. The zero-order valence-electron chi connectivity index (χ0n) is 9.48. The van der Waals surface area contributed by atoms with Crippen molar-refractivity contribution in [3.8, 4) is 5.75 Å². The molecule has 1 heterocycles. The highest BCUT2D eigenvalue weighted by Gasteiger charge is 2.33. The molecule has 0 fully saturated rings. The monoisotopic (exact) mass is 297 g/mol. The number of amidine groups is 1. The minimum absolute atomic E-state index is 0.298. The molecule has 5 nitrogen and oxygen atoms in total. The van der Waals surface area contributed by atoms with Crippen LogP contribution in [-0.2, 0) is 0 Å². The Morgan fingerprint density at radius 1 is 1.53 bits per heavy atom. The average molecular weight is 298 g/mol. The van der Waals surface area contributed by atoms with Gasteiger partial charge in [0.05, 0.1) is 7.11 Å². The minimum Gasteiger partial charge on any atom is -0.497 e. The molecular formula is C11H12BrN3O2. The molecule has 90 valence electrons. The van der Waals surface area contributed by atoms with Crippen molar-refractivity contribution in [3.05, 3.63) is 28.2 Å². The van der Waals surface area contributed by atoms with Crippen molar-refractivity contribution in [2.24, 2.45) is 10.7 Å². The molecule has 1 aliphatic heterocycles. The molecule has 0 saturated heterocycles. The lowest BCUT2D eigenvalue weighted by atomic mass is 10.1. The van der Waals surface area contributed by atoms with E-state index in [9.17, 15) is 4.79 Å². The van der Waals surface area contributed by atoms with Crippen molar-refractivity contribution in [1.82, 2.24) is 4.90 Å². The quantitative estimate of drug-likeness (QED) is 0.907. The molecule has 0 aromatic heterocycles. The van der Waals surface area contributed by atoms with Gasteiger partial charge >= 0.3 is 6.03 Å². The molecule has 0 aliphatic carbocycles. The number of urea groups is 1. The molecule has 17 heavy (non-hydrogen) atoms. The second kappa shape index (κ2) is 4.37. The SMILES string of the molecule is COc1ccc(Br)c(C2C(N)=NC(=O)N2C)c1. The summed E-state index contributed by atoms with van der Waals surface area (Å²) in [6.07, 6.45) is 0. The average Bonchev–Trinajstić information content (AvgIpc) is 2.55. The Balaban J connectivity index is 2.47. The van der Waals surface area contributed by atoms with Gasteiger partial charge in [0.25, 0.3) is 0 Å². The summed E-state index contributed by atoms with van der Waals surface area (Å²) >= 11 is 3.44. The molecule has 0 radical (unpaired) electrons. The standard InChI is InChI=1S/C11H12BrN3O2/c1-15-9(10(13)14-11(15)16)7-5-6(17-2)3-4-8(7)12/h3-5,9H,1-2H3,(H2,13,14,16). The van der Waals surface area contributed by atoms with E-state index < -0.39 is 0 Å². The molecule has 2 amide bonds. The van der Waals surface area contributed by atoms with Crippen LogP contribution in [0.5, 0.6) is 5.75 Å². The zero-order chi connectivity index (χ0) is 12.6. The summed E-state index contributed by atoms with van der Waals surface area (Å²) in [4.78, 5) is 16.7. The van der Waals surface area contributed by atoms with Crippen molar-refractivity contribution >= 4 is 27.8 Å². The molecule has 0 saturated carbocycles. The molecule has 1 aromatic carbocycles. The number of carbonyl (C=O) groups is 1. The predicted molar refractivity (Wildman–Crippen MR) is 68.2 cm³/mol. The van der Waals surface area contributed by atoms with Crippen molar-refractivity contribution < 1.29 is 9.53 Å². The molecule has 0 spiro atoms. The van der Waals surface area contributed by atoms with Gasteiger partial charge in [0, 0.05) is 17.1 Å². The van der Waals surface area contributed by atoms with Crippen molar-refractivity contribution in [1.29, 1.82) is 0 Å². The van der Waals surface area contributed by atoms with Gasteiger partial charge in [-0.25, -0.2) is 4.79 Å². The molecule has 0 bridgehead atoms. The number of hydrogen-bond acceptors (Lipinski definition) is 3. The topological polar surface area (TPSA) is 67.9 Å². The Kier molecular flexibility index (Phi) is 3.06. The molecule has 1 atom stereocenters. The van der Waals surface area contributed by atoms with E-state index in [2.05, 4.69) is 20.9 Å². The Hall–Kier alpha value is -1.56. The Morgan fingerprint density at radius 3 is 2.76 bits per heavy atom. The molecule has 1 aromatic rings. The highest BCUT2D eigenvalue weighted by Crippen LogP contribution is 2.33. The van der Waals surface area contributed by atoms with E-state index in [0.717, 1.165) is 10.0 Å². The van der Waals surface area contributed by atoms with Crippen LogP contribution in [0.3, 0.4) is 0 Å². The van der Waals surface area contributed by atoms with Crippen LogP contribution in [0.1, 0.15) is 11.6 Å². The molecular weight excluding hydrogens is 286 g/mol. The zero-order valence-corrected chi connectivity index (χ0v) is 11.1. The van der Waals surface area contributed by atoms with E-state index in [4.69, 9.17) is 10.5 Å². The van der Waals surface area contributed by atoms with Crippen LogP contribution in [0, 0.1) is 0 Å². The third-order valence-electron chi connectivity index (χ3n) is 2.69. The Bertz CT molecular complexity index is 501. The molecule has 2 rings (SSSR count). The van der Waals surface area contributed by atoms with E-state index >= 15 is 0 Å². The summed E-state index contributed by atoms with van der Waals surface area (Å²) in [7, 11) is 3.26. The number of benzene rings is 1. The normalized spacial score (nSPS) is 19.5. The smallest absolute Gasteiger partial charge is 0.345 e. The highest BCUT2D eigenvalue weighted by molar-refractivity contribution is 9.10. The van der Waals surface area contributed by atoms with Crippen LogP contribution in [-0.4, -0.2) is 30.9 Å². The molecule has 1 unspecified atom stereocenters. The summed E-state index contributed by atoms with van der Waals surface area (Å²) < 4.78 is 6.03. The van der Waals surface area contributed by atoms with E-state index in [1.165, 1.54) is 4.90 Å². The lowest BCUT2D eigenvalue weighted by molar-refractivity contribution is 0.218. The predicted octanol–water partition coefficient (Wildman–Crippen LogP) is 1.92. The van der Waals surface area contributed by atoms with E-state index in [0.29, 0.717) is 11.6 Å². The van der Waals surface area contributed by atoms with Crippen LogP contribution >= 0.6 is 15.9 Å². The maximum Gasteiger partial charge on any atom is 0.345 e. The number of methoxy groups -OCH3 is 1. The maximum atomic E-state index is 11.4. The lowest BCUT2D eigenvalue weighted by Crippen LogP contribution is -2.30. The first-order valence-corrected chi connectivity index (χ1v) is 5.78. The van der Waals surface area contributed by atoms with Gasteiger partial charge in [0.2, 0.25) is 0 Å². The third kappa shape index (κ3) is 2.00. The fourth-order valence-corrected chi connectivity index (χ4v) is 2.25. The summed E-state index contributed by atoms with van der Waals surface area (Å²) in [5, 5.41) is 0. The van der Waals surface area contributed by atoms with Crippen molar-refractivity contribution in [2.75, 3.05) is 14.2 Å². The second-order valence-electron chi connectivity index (χ2n) is 3.72. The minimum atomic E-state index is -0.341. The number of amides is 2. The Morgan fingerprint density at radius 2 is 2.24 bits per heavy atom. The van der Waals surface area contributed by atoms with Gasteiger partial charge in [0.1, 0.15) is 17.6 Å². The van der Waals surface area contributed by atoms with Gasteiger partial charge in [-0.2, -0.15) is 4.99 Å². The van der Waals surface area contributed by atoms with Crippen LogP contribution < -0.4 is 10.5 Å². The van der Waals surface area contributed by atoms with E-state index in [1.54, 1.807) is 14.2 Å². The van der Waals surface area contributed by atoms with Crippen LogP contribution in [0.2, 0.25) is 0 Å². The van der Waals surface area contributed by atoms with Gasteiger partial charge in [-0.1, -0.05) is 15.9 Å². The van der Waals surface area contributed by atoms with Crippen molar-refractivity contribution in [3.63, 3.8) is 0 Å². The van der Waals surface area contributed by atoms with Crippen LogP contribution in [0.4, 0.5) is 4.79 Å². The number of rotatable bonds is 2. The number of nitrogens with zero attached hydrogens (tertiary/aromatic N) is 2. The lowest BCUT2D eigenvalue weighted by Gasteiger charge is -2.21. The first-order chi connectivity index (χ1) is 8.04. The number of ether oxygens (including phenoxy) is 1. The van der Waals surface area contributed by atoms with Gasteiger partial charge in [-0.05, 0) is 18.2 Å². The summed E-state index contributed by atoms with van der Waals surface area (Å²) in [5.41, 5.74) is 6.64. The Labute approximate surface area is 107 Å². The van der Waals surface area contributed by atoms with Crippen LogP contribution in [0.25, 0.3) is 0 Å². The summed E-state index contributed by atoms with van der Waals surface area (Å²) in [6.45, 7) is 0. The fourth-order valence-electron chi connectivity index (χ4n) is 1.79. The van der Waals surface area contributed by atoms with Gasteiger partial charge in [-0.3, -0.25) is 0 Å².